The molecule has 0 saturated carbocycles. The van der Waals surface area contributed by atoms with Crippen molar-refractivity contribution in [1.29, 1.82) is 0 Å². The second kappa shape index (κ2) is 57.0. The summed E-state index contributed by atoms with van der Waals surface area (Å²) in [6, 6.07) is 94.6. The molecule has 12 unspecified atom stereocenters. The minimum atomic E-state index is -1.12. The molecule has 2 aliphatic heterocycles. The summed E-state index contributed by atoms with van der Waals surface area (Å²) < 4.78 is 78.5. The van der Waals surface area contributed by atoms with Crippen LogP contribution >= 0.6 is 141 Å². The van der Waals surface area contributed by atoms with Crippen molar-refractivity contribution in [1.82, 2.24) is 10.6 Å². The zero-order valence-corrected chi connectivity index (χ0v) is 79.6. The van der Waals surface area contributed by atoms with Gasteiger partial charge in [0, 0.05) is 57.5 Å². The van der Waals surface area contributed by atoms with E-state index >= 15 is 0 Å². The third kappa shape index (κ3) is 38.2. The molecule has 0 bridgehead atoms. The molecule has 32 heteroatoms. The number of hydrogen-bond acceptors (Lipinski definition) is 30. The number of carbonyl (C=O) groups is 6. The minimum absolute atomic E-state index is 0.0196. The van der Waals surface area contributed by atoms with Crippen LogP contribution in [0, 0.1) is 0 Å². The number of thioether (sulfide) groups is 12. The van der Waals surface area contributed by atoms with Crippen LogP contribution in [0.25, 0.3) is 0 Å². The van der Waals surface area contributed by atoms with Crippen molar-refractivity contribution in [3.05, 3.63) is 303 Å². The molecule has 2 N–H and O–H groups in total. The number of hydrogen-bond donors (Lipinski definition) is 2. The Kier molecular flexibility index (Phi) is 44.0. The van der Waals surface area contributed by atoms with Crippen molar-refractivity contribution in [3.63, 3.8) is 0 Å². The molecule has 4 amide bonds. The molecule has 2 aliphatic rings. The Bertz CT molecular complexity index is 4540. The van der Waals surface area contributed by atoms with Crippen molar-refractivity contribution < 1.29 is 85.6 Å². The summed E-state index contributed by atoms with van der Waals surface area (Å²) in [5, 5.41) is 1.60. The number of esters is 2. The maximum atomic E-state index is 14.7. The van der Waals surface area contributed by atoms with Gasteiger partial charge in [-0.15, -0.1) is 118 Å². The molecule has 2 saturated heterocycles. The van der Waals surface area contributed by atoms with Gasteiger partial charge < -0.3 is 56.8 Å². The molecule has 674 valence electrons. The van der Waals surface area contributed by atoms with E-state index in [0.717, 1.165) is 23.5 Å². The number of amides is 4. The van der Waals surface area contributed by atoms with Gasteiger partial charge in [0.1, 0.15) is 57.5 Å². The quantitative estimate of drug-likeness (QED) is 0.0303. The van der Waals surface area contributed by atoms with Gasteiger partial charge in [-0.25, -0.2) is 0 Å². The van der Waals surface area contributed by atoms with Gasteiger partial charge in [-0.1, -0.05) is 182 Å². The number of benzene rings is 10. The van der Waals surface area contributed by atoms with Gasteiger partial charge in [0.05, 0.1) is 36.6 Å². The van der Waals surface area contributed by atoms with Crippen molar-refractivity contribution in [2.24, 2.45) is 0 Å². The van der Waals surface area contributed by atoms with Crippen LogP contribution in [0.2, 0.25) is 0 Å². The second-order valence-electron chi connectivity index (χ2n) is 28.0. The van der Waals surface area contributed by atoms with Crippen LogP contribution in [0.1, 0.15) is 38.5 Å². The molecule has 20 nitrogen and oxygen atoms in total. The van der Waals surface area contributed by atoms with Gasteiger partial charge in [-0.3, -0.25) is 39.4 Å². The van der Waals surface area contributed by atoms with Gasteiger partial charge >= 0.3 is 11.9 Å². The molecule has 12 rings (SSSR count). The second-order valence-corrected chi connectivity index (χ2v) is 42.2. The largest absolute Gasteiger partial charge is 0.479 e. The summed E-state index contributed by atoms with van der Waals surface area (Å²) in [5.74, 6) is 7.25. The average molecular weight is 1950 g/mol. The predicted molar refractivity (Wildman–Crippen MR) is 533 cm³/mol. The minimum Gasteiger partial charge on any atom is -0.479 e. The van der Waals surface area contributed by atoms with E-state index in [2.05, 4.69) is 10.6 Å². The molecule has 10 aromatic rings. The predicted octanol–water partition coefficient (Wildman–Crippen LogP) is 22.5. The van der Waals surface area contributed by atoms with E-state index in [1.54, 1.807) is 71.3 Å². The Balaban J connectivity index is 0.705. The topological polar surface area (TPSA) is 237 Å². The number of para-hydroxylation sites is 10. The van der Waals surface area contributed by atoms with Gasteiger partial charge in [0.15, 0.2) is 54.4 Å². The van der Waals surface area contributed by atoms with Gasteiger partial charge in [0.25, 0.3) is 10.5 Å². The first-order chi connectivity index (χ1) is 62.8. The molecule has 0 spiro atoms. The summed E-state index contributed by atoms with van der Waals surface area (Å²) in [5.41, 5.74) is -5.41. The summed E-state index contributed by atoms with van der Waals surface area (Å²) >= 11 is 16.3. The third-order valence-corrected chi connectivity index (χ3v) is 33.5. The molecule has 0 aliphatic carbocycles. The molecule has 128 heavy (non-hydrogen) atoms. The highest BCUT2D eigenvalue weighted by atomic mass is 32.2. The molecule has 2 heterocycles. The van der Waals surface area contributed by atoms with Gasteiger partial charge in [-0.05, 0) is 171 Å². The first-order valence-electron chi connectivity index (χ1n) is 41.5. The van der Waals surface area contributed by atoms with E-state index in [9.17, 15) is 28.8 Å². The van der Waals surface area contributed by atoms with Crippen molar-refractivity contribution in [2.75, 3.05) is 70.7 Å². The summed E-state index contributed by atoms with van der Waals surface area (Å²) in [6.45, 7) is 0.0391. The Hall–Kier alpha value is -8.38. The van der Waals surface area contributed by atoms with Crippen molar-refractivity contribution in [2.45, 2.75) is 103 Å². The molecule has 0 aromatic heterocycles. The Morgan fingerprint density at radius 2 is 0.391 bits per heavy atom. The lowest BCUT2D eigenvalue weighted by Gasteiger charge is -2.27. The standard InChI is InChI=1S/C96H100N2O18S12/c99-81(57-79-93(101)97-95(103)127-91(115-77-51-29-11-30-52-77)67-125-89(113-75-47-25-9-26-48-75)65-123-87(111-73-43-21-7-22-44-73)63-121-85(109-71-39-17-5-18-40-71)61-119-83(59-117-79)107-69-35-13-3-14-36-69)105-55-33-1-2-34-56-106-82(100)58-80-94(102)98-96(104)128-92(116-78-53-31-12-32-54-78)68-126-90(114-76-49-27-10-28-50-76)66-124-88(112-74-45-23-8-24-46-74)64-122-86(110-72-41-19-6-20-42-72)62-120-84(60-118-80)108-70-37-15-4-16-38-70/h3-32,35-54,79-80,83-92H,1-2,33-34,55-68H2,(H,97,101,103)(H,98,102,104). The first-order valence-corrected chi connectivity index (χ1v) is 53.8. The number of carbonyl (C=O) groups excluding carboxylic acids is 6. The lowest BCUT2D eigenvalue weighted by molar-refractivity contribution is -0.145. The van der Waals surface area contributed by atoms with Crippen LogP contribution in [0.5, 0.6) is 57.5 Å². The van der Waals surface area contributed by atoms with E-state index in [-0.39, 0.29) is 59.9 Å². The maximum Gasteiger partial charge on any atom is 0.307 e. The molecule has 12 atom stereocenters. The summed E-state index contributed by atoms with van der Waals surface area (Å²) in [4.78, 5) is 86.5. The van der Waals surface area contributed by atoms with E-state index < -0.39 is 88.2 Å². The first kappa shape index (κ1) is 98.7. The lowest BCUT2D eigenvalue weighted by Crippen LogP contribution is -2.39. The molecular weight excluding hydrogens is 1850 g/mol. The van der Waals surface area contributed by atoms with Gasteiger partial charge in [0.2, 0.25) is 11.8 Å². The van der Waals surface area contributed by atoms with E-state index in [0.29, 0.717) is 118 Å². The van der Waals surface area contributed by atoms with Crippen LogP contribution in [0.15, 0.2) is 303 Å². The van der Waals surface area contributed by atoms with Crippen LogP contribution in [0.4, 0.5) is 9.59 Å². The van der Waals surface area contributed by atoms with E-state index in [1.807, 2.05) is 279 Å². The number of rotatable bonds is 31. The van der Waals surface area contributed by atoms with E-state index in [4.69, 9.17) is 56.8 Å². The molecule has 10 aromatic carbocycles. The Labute approximate surface area is 799 Å². The number of unbranched alkanes of at least 4 members (excludes halogenated alkanes) is 3. The van der Waals surface area contributed by atoms with Crippen LogP contribution in [0.3, 0.4) is 0 Å². The number of nitrogens with one attached hydrogen (secondary N) is 2. The fraction of sp³-hybridized carbons (Fsp3) is 0.312. The normalized spacial score (nSPS) is 22.0. The highest BCUT2D eigenvalue weighted by molar-refractivity contribution is 8.15. The van der Waals surface area contributed by atoms with Crippen molar-refractivity contribution in [3.8, 4) is 57.5 Å². The molecule has 0 radical (unpaired) electrons. The van der Waals surface area contributed by atoms with Crippen LogP contribution in [-0.4, -0.2) is 170 Å². The Morgan fingerprint density at radius 1 is 0.227 bits per heavy atom. The van der Waals surface area contributed by atoms with E-state index in [1.165, 1.54) is 70.6 Å². The zero-order valence-electron chi connectivity index (χ0n) is 69.8. The smallest absolute Gasteiger partial charge is 0.307 e. The highest BCUT2D eigenvalue weighted by Gasteiger charge is 2.34. The van der Waals surface area contributed by atoms with Crippen LogP contribution < -0.4 is 58.0 Å². The lowest BCUT2D eigenvalue weighted by atomic mass is 10.2. The SMILES string of the molecule is O=C(CC1SCC(Oc2ccccc2)SCC(Oc2ccccc2)SCC(Oc2ccccc2)SCC(Oc2ccccc2)SCC(Oc2ccccc2)SC(=O)NC1=O)OCCCCCCOC(=O)CC1SCC(Oc2ccccc2)SCC(Oc2ccccc2)SCC(Oc2ccccc2)SCC(Oc2ccccc2)SCC(Oc2ccccc2)SC(=O)NC1=O. The molecule has 2 fully saturated rings. The monoisotopic (exact) mass is 1950 g/mol. The average Bonchev–Trinajstić information content (AvgIpc) is 0.870. The Morgan fingerprint density at radius 3 is 0.578 bits per heavy atom. The fourth-order valence-corrected chi connectivity index (χ4v) is 25.9. The molecular formula is C96H100N2O18S12. The third-order valence-electron chi connectivity index (χ3n) is 18.1. The van der Waals surface area contributed by atoms with Gasteiger partial charge in [-0.2, -0.15) is 0 Å². The zero-order chi connectivity index (χ0) is 88.6. The maximum absolute atomic E-state index is 14.7. The summed E-state index contributed by atoms with van der Waals surface area (Å²) in [6.07, 6.45) is 1.27. The summed E-state index contributed by atoms with van der Waals surface area (Å²) in [7, 11) is 0. The number of imide groups is 2. The fourth-order valence-electron chi connectivity index (χ4n) is 12.0. The number of ether oxygens (including phenoxy) is 12. The highest BCUT2D eigenvalue weighted by Crippen LogP contribution is 2.39. The van der Waals surface area contributed by atoms with Crippen molar-refractivity contribution >= 4 is 175 Å². The van der Waals surface area contributed by atoms with Crippen LogP contribution in [-0.2, 0) is 28.7 Å².